The number of fused-ring (bicyclic) bond motifs is 1. The number of piperazine rings is 1. The summed E-state index contributed by atoms with van der Waals surface area (Å²) in [5.74, 6) is -0.0311. The van der Waals surface area contributed by atoms with E-state index in [9.17, 15) is 14.4 Å². The highest BCUT2D eigenvalue weighted by atomic mass is 32.1. The molecule has 2 aliphatic heterocycles. The zero-order valence-electron chi connectivity index (χ0n) is 17.3. The van der Waals surface area contributed by atoms with Crippen LogP contribution in [0.5, 0.6) is 0 Å². The van der Waals surface area contributed by atoms with Gasteiger partial charge in [-0.2, -0.15) is 0 Å². The fourth-order valence-electron chi connectivity index (χ4n) is 3.65. The second kappa shape index (κ2) is 9.48. The van der Waals surface area contributed by atoms with Crippen molar-refractivity contribution in [3.05, 3.63) is 34.7 Å². The zero-order chi connectivity index (χ0) is 21.8. The molecule has 0 unspecified atom stereocenters. The van der Waals surface area contributed by atoms with Crippen LogP contribution in [0.3, 0.4) is 0 Å². The van der Waals surface area contributed by atoms with Crippen molar-refractivity contribution >= 4 is 34.4 Å². The lowest BCUT2D eigenvalue weighted by Crippen LogP contribution is -2.53. The Morgan fingerprint density at radius 3 is 2.68 bits per heavy atom. The molecule has 0 aromatic carbocycles. The number of hydrogen-bond acceptors (Lipinski definition) is 8. The molecule has 11 heteroatoms. The first-order valence-electron chi connectivity index (χ1n) is 10.3. The Kier molecular flexibility index (Phi) is 6.52. The number of hydrogen-bond donors (Lipinski definition) is 1. The predicted molar refractivity (Wildman–Crippen MR) is 113 cm³/mol. The lowest BCUT2D eigenvalue weighted by Gasteiger charge is -2.35. The molecule has 2 aromatic rings. The fraction of sp³-hybridized carbons (Fsp3) is 0.500. The second-order valence-electron chi connectivity index (χ2n) is 7.35. The number of ether oxygens (including phenoxy) is 1. The molecular formula is C20H25N5O5S. The average Bonchev–Trinajstić information content (AvgIpc) is 3.43. The predicted octanol–water partition coefficient (Wildman–Crippen LogP) is 1.65. The summed E-state index contributed by atoms with van der Waals surface area (Å²) >= 11 is 1.43. The maximum atomic E-state index is 12.7. The van der Waals surface area contributed by atoms with E-state index in [2.05, 4.69) is 15.2 Å². The number of carbonyl (C=O) groups is 3. The van der Waals surface area contributed by atoms with Gasteiger partial charge in [-0.1, -0.05) is 0 Å². The van der Waals surface area contributed by atoms with Crippen LogP contribution in [0.15, 0.2) is 22.8 Å². The first-order valence-corrected chi connectivity index (χ1v) is 11.1. The maximum absolute atomic E-state index is 12.7. The molecule has 0 spiro atoms. The molecular weight excluding hydrogens is 422 g/mol. The van der Waals surface area contributed by atoms with Crippen molar-refractivity contribution in [1.82, 2.24) is 19.7 Å². The van der Waals surface area contributed by atoms with Gasteiger partial charge in [-0.05, 0) is 19.1 Å². The highest BCUT2D eigenvalue weighted by Crippen LogP contribution is 2.28. The van der Waals surface area contributed by atoms with Crippen LogP contribution >= 0.6 is 11.3 Å². The van der Waals surface area contributed by atoms with Crippen molar-refractivity contribution in [2.24, 2.45) is 0 Å². The molecule has 166 valence electrons. The molecule has 1 saturated heterocycles. The maximum Gasteiger partial charge on any atom is 0.409 e. The van der Waals surface area contributed by atoms with Gasteiger partial charge in [-0.3, -0.25) is 19.8 Å². The first kappa shape index (κ1) is 21.3. The van der Waals surface area contributed by atoms with Crippen LogP contribution < -0.4 is 5.32 Å². The standard InChI is InChI=1S/C20H25N5O5S/c1-2-29-20(28)25-9-7-24(8-10-25)17(26)13-23-6-5-14-16(12-23)31-19(21-14)22-18(27)15-4-3-11-30-15/h3-4,11H,2,5-10,12-13H2,1H3,(H,21,22,27). The Morgan fingerprint density at radius 2 is 1.97 bits per heavy atom. The van der Waals surface area contributed by atoms with E-state index in [-0.39, 0.29) is 23.7 Å². The Bertz CT molecular complexity index is 936. The summed E-state index contributed by atoms with van der Waals surface area (Å²) in [5, 5.41) is 3.31. The molecule has 2 aromatic heterocycles. The number of anilines is 1. The summed E-state index contributed by atoms with van der Waals surface area (Å²) in [7, 11) is 0. The van der Waals surface area contributed by atoms with E-state index >= 15 is 0 Å². The SMILES string of the molecule is CCOC(=O)N1CCN(C(=O)CN2CCc3nc(NC(=O)c4ccco4)sc3C2)CC1. The summed E-state index contributed by atoms with van der Waals surface area (Å²) in [5.41, 5.74) is 0.964. The quantitative estimate of drug-likeness (QED) is 0.742. The number of amides is 3. The number of nitrogens with one attached hydrogen (secondary N) is 1. The van der Waals surface area contributed by atoms with E-state index in [1.54, 1.807) is 28.9 Å². The van der Waals surface area contributed by atoms with Crippen LogP contribution in [0.25, 0.3) is 0 Å². The van der Waals surface area contributed by atoms with Gasteiger partial charge in [0.15, 0.2) is 10.9 Å². The zero-order valence-corrected chi connectivity index (χ0v) is 18.2. The summed E-state index contributed by atoms with van der Waals surface area (Å²) in [6.45, 7) is 5.81. The molecule has 1 N–H and O–H groups in total. The van der Waals surface area contributed by atoms with Crippen LogP contribution in [-0.2, 0) is 22.5 Å². The van der Waals surface area contributed by atoms with E-state index in [1.165, 1.54) is 17.6 Å². The third-order valence-corrected chi connectivity index (χ3v) is 6.29. The third-order valence-electron chi connectivity index (χ3n) is 5.29. The molecule has 1 fully saturated rings. The largest absolute Gasteiger partial charge is 0.459 e. The van der Waals surface area contributed by atoms with Gasteiger partial charge >= 0.3 is 6.09 Å². The van der Waals surface area contributed by atoms with Crippen molar-refractivity contribution in [1.29, 1.82) is 0 Å². The van der Waals surface area contributed by atoms with Gasteiger partial charge < -0.3 is 19.0 Å². The number of furan rings is 1. The van der Waals surface area contributed by atoms with Crippen molar-refractivity contribution in [2.75, 3.05) is 51.2 Å². The van der Waals surface area contributed by atoms with Crippen molar-refractivity contribution in [3.8, 4) is 0 Å². The number of carbonyl (C=O) groups excluding carboxylic acids is 3. The van der Waals surface area contributed by atoms with Crippen LogP contribution in [0.2, 0.25) is 0 Å². The van der Waals surface area contributed by atoms with Crippen LogP contribution in [0.4, 0.5) is 9.93 Å². The van der Waals surface area contributed by atoms with Crippen molar-refractivity contribution < 1.29 is 23.5 Å². The van der Waals surface area contributed by atoms with E-state index < -0.39 is 0 Å². The van der Waals surface area contributed by atoms with Crippen molar-refractivity contribution in [2.45, 2.75) is 19.9 Å². The first-order chi connectivity index (χ1) is 15.0. The normalized spacial score (nSPS) is 16.7. The van der Waals surface area contributed by atoms with Crippen LogP contribution in [0.1, 0.15) is 28.0 Å². The minimum absolute atomic E-state index is 0.0582. The molecule has 0 saturated carbocycles. The number of nitrogens with zero attached hydrogens (tertiary/aromatic N) is 4. The second-order valence-corrected chi connectivity index (χ2v) is 8.43. The van der Waals surface area contributed by atoms with E-state index in [1.807, 2.05) is 0 Å². The number of rotatable bonds is 5. The highest BCUT2D eigenvalue weighted by molar-refractivity contribution is 7.15. The Labute approximate surface area is 183 Å². The average molecular weight is 448 g/mol. The van der Waals surface area contributed by atoms with Crippen molar-refractivity contribution in [3.63, 3.8) is 0 Å². The molecule has 10 nitrogen and oxygen atoms in total. The smallest absolute Gasteiger partial charge is 0.409 e. The summed E-state index contributed by atoms with van der Waals surface area (Å²) < 4.78 is 10.1. The minimum Gasteiger partial charge on any atom is -0.459 e. The molecule has 0 aliphatic carbocycles. The molecule has 31 heavy (non-hydrogen) atoms. The highest BCUT2D eigenvalue weighted by Gasteiger charge is 2.28. The summed E-state index contributed by atoms with van der Waals surface area (Å²) in [4.78, 5) is 47.8. The van der Waals surface area contributed by atoms with Gasteiger partial charge in [0.25, 0.3) is 5.91 Å². The van der Waals surface area contributed by atoms with E-state index in [0.29, 0.717) is 51.0 Å². The van der Waals surface area contributed by atoms with Gasteiger partial charge in [0.1, 0.15) is 0 Å². The minimum atomic E-state index is -0.329. The van der Waals surface area contributed by atoms with Gasteiger partial charge in [-0.25, -0.2) is 9.78 Å². The monoisotopic (exact) mass is 447 g/mol. The Morgan fingerprint density at radius 1 is 1.19 bits per heavy atom. The molecule has 3 amide bonds. The van der Waals surface area contributed by atoms with Crippen LogP contribution in [-0.4, -0.2) is 83.5 Å². The van der Waals surface area contributed by atoms with Gasteiger partial charge in [0, 0.05) is 50.6 Å². The third kappa shape index (κ3) is 5.05. The van der Waals surface area contributed by atoms with E-state index in [4.69, 9.17) is 9.15 Å². The Hall–Kier alpha value is -2.92. The molecule has 0 bridgehead atoms. The number of aromatic nitrogens is 1. The van der Waals surface area contributed by atoms with Gasteiger partial charge in [0.2, 0.25) is 5.91 Å². The molecule has 2 aliphatic rings. The summed E-state index contributed by atoms with van der Waals surface area (Å²) in [6.07, 6.45) is 1.86. The van der Waals surface area contributed by atoms with Crippen LogP contribution in [0, 0.1) is 0 Å². The molecule has 0 radical (unpaired) electrons. The molecule has 4 rings (SSSR count). The number of thiazole rings is 1. The summed E-state index contributed by atoms with van der Waals surface area (Å²) in [6, 6.07) is 3.26. The molecule has 4 heterocycles. The lowest BCUT2D eigenvalue weighted by atomic mass is 10.2. The molecule has 0 atom stereocenters. The Balaban J connectivity index is 1.27. The van der Waals surface area contributed by atoms with E-state index in [0.717, 1.165) is 23.5 Å². The van der Waals surface area contributed by atoms with Gasteiger partial charge in [0.05, 0.1) is 25.1 Å². The van der Waals surface area contributed by atoms with Gasteiger partial charge in [-0.15, -0.1) is 11.3 Å². The lowest BCUT2D eigenvalue weighted by molar-refractivity contribution is -0.134. The fourth-order valence-corrected chi connectivity index (χ4v) is 4.69. The topological polar surface area (TPSA) is 108 Å².